The zero-order valence-electron chi connectivity index (χ0n) is 19.4. The number of ether oxygens (including phenoxy) is 1. The van der Waals surface area contributed by atoms with Gasteiger partial charge in [-0.15, -0.1) is 0 Å². The maximum absolute atomic E-state index is 13.0. The molecule has 35 heavy (non-hydrogen) atoms. The first-order chi connectivity index (χ1) is 16.8. The number of aromatic nitrogens is 2. The number of aromatic amines is 1. The van der Waals surface area contributed by atoms with Gasteiger partial charge in [-0.25, -0.2) is 9.37 Å². The van der Waals surface area contributed by atoms with Crippen LogP contribution >= 0.6 is 0 Å². The number of halogens is 1. The molecule has 1 aliphatic rings. The smallest absolute Gasteiger partial charge is 0.255 e. The maximum atomic E-state index is 13.0. The van der Waals surface area contributed by atoms with Crippen molar-refractivity contribution in [2.45, 2.75) is 25.9 Å². The number of pyridine rings is 2. The van der Waals surface area contributed by atoms with E-state index in [1.54, 1.807) is 17.0 Å². The summed E-state index contributed by atoms with van der Waals surface area (Å²) in [5.74, 6) is 0.604. The number of benzene rings is 1. The van der Waals surface area contributed by atoms with Crippen LogP contribution in [0.5, 0.6) is 11.5 Å². The van der Waals surface area contributed by atoms with Crippen LogP contribution in [0.3, 0.4) is 0 Å². The maximum Gasteiger partial charge on any atom is 0.255 e. The van der Waals surface area contributed by atoms with Crippen LogP contribution in [0.2, 0.25) is 0 Å². The van der Waals surface area contributed by atoms with Crippen LogP contribution in [-0.2, 0) is 4.79 Å². The average molecular weight is 480 g/mol. The summed E-state index contributed by atoms with van der Waals surface area (Å²) in [7, 11) is 0. The molecule has 1 aliphatic heterocycles. The largest absolute Gasteiger partial charge is 0.456 e. The number of carbonyl (C=O) groups is 2. The molecule has 1 saturated heterocycles. The second-order valence-electron chi connectivity index (χ2n) is 8.38. The van der Waals surface area contributed by atoms with Crippen molar-refractivity contribution < 1.29 is 18.7 Å². The SMILES string of the molecule is C[C@@H]1CN([C@@H](C)C(=O)Nc2ccc(Oc3ccc(F)cc3)cn2)CCN1C(=O)c1ccc(=O)[nH]c1. The third kappa shape index (κ3) is 5.90. The molecule has 4 rings (SSSR count). The fraction of sp³-hybridized carbons (Fsp3) is 0.280. The van der Waals surface area contributed by atoms with Gasteiger partial charge in [0.1, 0.15) is 23.1 Å². The van der Waals surface area contributed by atoms with Gasteiger partial charge >= 0.3 is 0 Å². The summed E-state index contributed by atoms with van der Waals surface area (Å²) in [5.41, 5.74) is 0.164. The molecular formula is C25H26FN5O4. The molecule has 0 spiro atoms. The number of rotatable bonds is 6. The van der Waals surface area contributed by atoms with Gasteiger partial charge in [0, 0.05) is 37.9 Å². The molecule has 182 valence electrons. The number of anilines is 1. The van der Waals surface area contributed by atoms with Crippen LogP contribution in [0.25, 0.3) is 0 Å². The highest BCUT2D eigenvalue weighted by Gasteiger charge is 2.32. The summed E-state index contributed by atoms with van der Waals surface area (Å²) >= 11 is 0. The van der Waals surface area contributed by atoms with Crippen LogP contribution in [0.15, 0.2) is 65.7 Å². The Bertz CT molecular complexity index is 1230. The van der Waals surface area contributed by atoms with Crippen LogP contribution in [-0.4, -0.2) is 63.3 Å². The summed E-state index contributed by atoms with van der Waals surface area (Å²) in [6.45, 7) is 5.27. The van der Waals surface area contributed by atoms with E-state index in [1.807, 2.05) is 18.7 Å². The summed E-state index contributed by atoms with van der Waals surface area (Å²) < 4.78 is 18.6. The summed E-state index contributed by atoms with van der Waals surface area (Å²) in [4.78, 5) is 47.4. The standard InChI is InChI=1S/C25H26FN5O4/c1-16-15-30(11-12-31(16)25(34)18-3-10-23(32)28-13-18)17(2)24(33)29-22-9-8-21(14-27-22)35-20-6-4-19(26)5-7-20/h3-10,13-14,16-17H,11-12,15H2,1-2H3,(H,28,32)(H,27,29,33)/t16-,17+/m1/s1. The molecule has 2 amide bonds. The Balaban J connectivity index is 1.31. The minimum Gasteiger partial charge on any atom is -0.456 e. The van der Waals surface area contributed by atoms with Gasteiger partial charge in [0.25, 0.3) is 5.91 Å². The fourth-order valence-corrected chi connectivity index (χ4v) is 3.90. The van der Waals surface area contributed by atoms with Crippen molar-refractivity contribution in [3.8, 4) is 11.5 Å². The highest BCUT2D eigenvalue weighted by atomic mass is 19.1. The number of hydrogen-bond acceptors (Lipinski definition) is 6. The van der Waals surface area contributed by atoms with Crippen molar-refractivity contribution in [2.24, 2.45) is 0 Å². The third-order valence-corrected chi connectivity index (χ3v) is 5.92. The van der Waals surface area contributed by atoms with Gasteiger partial charge in [0.15, 0.2) is 0 Å². The second kappa shape index (κ2) is 10.5. The molecule has 0 unspecified atom stereocenters. The van der Waals surface area contributed by atoms with Gasteiger partial charge in [0.2, 0.25) is 11.5 Å². The first kappa shape index (κ1) is 24.1. The Kier molecular flexibility index (Phi) is 7.21. The number of nitrogens with zero attached hydrogens (tertiary/aromatic N) is 3. The zero-order valence-corrected chi connectivity index (χ0v) is 19.4. The van der Waals surface area contributed by atoms with Crippen LogP contribution in [0.4, 0.5) is 10.2 Å². The van der Waals surface area contributed by atoms with Crippen molar-refractivity contribution in [2.75, 3.05) is 25.0 Å². The van der Waals surface area contributed by atoms with Gasteiger partial charge in [-0.3, -0.25) is 19.3 Å². The third-order valence-electron chi connectivity index (χ3n) is 5.92. The number of hydrogen-bond donors (Lipinski definition) is 2. The first-order valence-electron chi connectivity index (χ1n) is 11.2. The Morgan fingerprint density at radius 3 is 2.49 bits per heavy atom. The van der Waals surface area contributed by atoms with Crippen LogP contribution < -0.4 is 15.6 Å². The average Bonchev–Trinajstić information content (AvgIpc) is 2.86. The number of amides is 2. The van der Waals surface area contributed by atoms with E-state index < -0.39 is 6.04 Å². The number of carbonyl (C=O) groups excluding carboxylic acids is 2. The normalized spacial score (nSPS) is 17.0. The lowest BCUT2D eigenvalue weighted by Crippen LogP contribution is -2.58. The Morgan fingerprint density at radius 1 is 1.11 bits per heavy atom. The second-order valence-corrected chi connectivity index (χ2v) is 8.38. The molecule has 0 radical (unpaired) electrons. The predicted molar refractivity (Wildman–Crippen MR) is 128 cm³/mol. The van der Waals surface area contributed by atoms with E-state index in [1.165, 1.54) is 48.8 Å². The lowest BCUT2D eigenvalue weighted by atomic mass is 10.1. The Labute approximate surface area is 201 Å². The molecule has 2 N–H and O–H groups in total. The van der Waals surface area contributed by atoms with Gasteiger partial charge in [0.05, 0.1) is 17.8 Å². The molecule has 0 aliphatic carbocycles. The minimum atomic E-state index is -0.431. The molecule has 0 bridgehead atoms. The summed E-state index contributed by atoms with van der Waals surface area (Å²) in [6.07, 6.45) is 2.90. The summed E-state index contributed by atoms with van der Waals surface area (Å²) in [6, 6.07) is 11.2. The molecule has 0 saturated carbocycles. The topological polar surface area (TPSA) is 108 Å². The Hall–Kier alpha value is -4.05. The van der Waals surface area contributed by atoms with Crippen molar-refractivity contribution >= 4 is 17.6 Å². The molecule has 2 atom stereocenters. The molecule has 2 aromatic heterocycles. The van der Waals surface area contributed by atoms with Crippen molar-refractivity contribution in [3.63, 3.8) is 0 Å². The van der Waals surface area contributed by atoms with E-state index in [-0.39, 0.29) is 29.2 Å². The molecule has 1 fully saturated rings. The zero-order chi connectivity index (χ0) is 24.9. The van der Waals surface area contributed by atoms with Gasteiger partial charge in [-0.1, -0.05) is 0 Å². The molecular weight excluding hydrogens is 453 g/mol. The number of nitrogens with one attached hydrogen (secondary N) is 2. The van der Waals surface area contributed by atoms with Crippen LogP contribution in [0, 0.1) is 5.82 Å². The lowest BCUT2D eigenvalue weighted by Gasteiger charge is -2.41. The molecule has 3 aromatic rings. The monoisotopic (exact) mass is 479 g/mol. The fourth-order valence-electron chi connectivity index (χ4n) is 3.90. The van der Waals surface area contributed by atoms with E-state index in [9.17, 15) is 18.8 Å². The van der Waals surface area contributed by atoms with Crippen molar-refractivity contribution in [1.82, 2.24) is 19.8 Å². The number of H-pyrrole nitrogens is 1. The van der Waals surface area contributed by atoms with E-state index >= 15 is 0 Å². The minimum absolute atomic E-state index is 0.112. The van der Waals surface area contributed by atoms with E-state index in [2.05, 4.69) is 15.3 Å². The molecule has 9 nitrogen and oxygen atoms in total. The van der Waals surface area contributed by atoms with E-state index in [0.29, 0.717) is 42.5 Å². The van der Waals surface area contributed by atoms with Crippen molar-refractivity contribution in [3.05, 3.63) is 82.7 Å². The van der Waals surface area contributed by atoms with Gasteiger partial charge in [-0.05, 0) is 56.3 Å². The van der Waals surface area contributed by atoms with Gasteiger partial charge in [-0.2, -0.15) is 0 Å². The van der Waals surface area contributed by atoms with Crippen LogP contribution in [0.1, 0.15) is 24.2 Å². The quantitative estimate of drug-likeness (QED) is 0.563. The molecule has 3 heterocycles. The first-order valence-corrected chi connectivity index (χ1v) is 11.2. The summed E-state index contributed by atoms with van der Waals surface area (Å²) in [5, 5.41) is 2.81. The molecule has 10 heteroatoms. The van der Waals surface area contributed by atoms with Crippen molar-refractivity contribution in [1.29, 1.82) is 0 Å². The lowest BCUT2D eigenvalue weighted by molar-refractivity contribution is -0.121. The Morgan fingerprint density at radius 2 is 1.86 bits per heavy atom. The highest BCUT2D eigenvalue weighted by molar-refractivity contribution is 5.95. The predicted octanol–water partition coefficient (Wildman–Crippen LogP) is 2.87. The number of piperazine rings is 1. The highest BCUT2D eigenvalue weighted by Crippen LogP contribution is 2.22. The van der Waals surface area contributed by atoms with E-state index in [4.69, 9.17) is 4.74 Å². The molecule has 1 aromatic carbocycles. The van der Waals surface area contributed by atoms with E-state index in [0.717, 1.165) is 0 Å². The van der Waals surface area contributed by atoms with Gasteiger partial charge < -0.3 is 19.9 Å².